The fourth-order valence-electron chi connectivity index (χ4n) is 1.90. The van der Waals surface area contributed by atoms with Crippen molar-refractivity contribution in [2.24, 2.45) is 5.92 Å². The summed E-state index contributed by atoms with van der Waals surface area (Å²) in [4.78, 5) is 11.4. The van der Waals surface area contributed by atoms with Crippen LogP contribution in [0.1, 0.15) is 29.6 Å². The minimum Gasteiger partial charge on any atom is -0.465 e. The normalized spacial score (nSPS) is 14.1. The second-order valence-corrected chi connectivity index (χ2v) is 5.09. The van der Waals surface area contributed by atoms with Crippen LogP contribution in [0.5, 0.6) is 0 Å². The van der Waals surface area contributed by atoms with E-state index in [1.54, 1.807) is 18.2 Å². The lowest BCUT2D eigenvalue weighted by atomic mass is 10.1. The summed E-state index contributed by atoms with van der Waals surface area (Å²) in [6.45, 7) is 2.46. The summed E-state index contributed by atoms with van der Waals surface area (Å²) in [6.07, 6.45) is 3.58. The summed E-state index contributed by atoms with van der Waals surface area (Å²) in [7, 11) is 1.35. The van der Waals surface area contributed by atoms with Crippen molar-refractivity contribution in [3.05, 3.63) is 23.8 Å². The van der Waals surface area contributed by atoms with Gasteiger partial charge in [-0.2, -0.15) is 0 Å². The monoisotopic (exact) mass is 278 g/mol. The van der Waals surface area contributed by atoms with Gasteiger partial charge in [0.2, 0.25) is 0 Å². The molecular weight excluding hydrogens is 256 g/mol. The van der Waals surface area contributed by atoms with E-state index >= 15 is 0 Å². The number of ether oxygens (including phenoxy) is 2. The highest BCUT2D eigenvalue weighted by molar-refractivity contribution is 5.91. The van der Waals surface area contributed by atoms with Gasteiger partial charge < -0.3 is 20.5 Å². The van der Waals surface area contributed by atoms with Gasteiger partial charge in [-0.3, -0.25) is 0 Å². The number of carbonyl (C=O) groups excluding carboxylic acids is 1. The SMILES string of the molecule is COC(=O)c1ccc(NCCCOCC2CC2)c(N)c1. The van der Waals surface area contributed by atoms with Crippen molar-refractivity contribution in [1.29, 1.82) is 0 Å². The average Bonchev–Trinajstić information content (AvgIpc) is 3.27. The Bertz CT molecular complexity index is 458. The van der Waals surface area contributed by atoms with Crippen molar-refractivity contribution < 1.29 is 14.3 Å². The van der Waals surface area contributed by atoms with Gasteiger partial charge in [-0.15, -0.1) is 0 Å². The number of rotatable bonds is 8. The zero-order chi connectivity index (χ0) is 14.4. The predicted molar refractivity (Wildman–Crippen MR) is 78.8 cm³/mol. The molecule has 1 aromatic carbocycles. The maximum atomic E-state index is 11.4. The van der Waals surface area contributed by atoms with Crippen molar-refractivity contribution >= 4 is 17.3 Å². The molecule has 0 saturated heterocycles. The fraction of sp³-hybridized carbons (Fsp3) is 0.533. The molecule has 0 aromatic heterocycles. The molecule has 0 aliphatic heterocycles. The minimum atomic E-state index is -0.378. The molecule has 5 heteroatoms. The van der Waals surface area contributed by atoms with Crippen LogP contribution in [0, 0.1) is 5.92 Å². The summed E-state index contributed by atoms with van der Waals surface area (Å²) in [5, 5.41) is 3.24. The molecular formula is C15H22N2O3. The van der Waals surface area contributed by atoms with Crippen LogP contribution in [0.2, 0.25) is 0 Å². The highest BCUT2D eigenvalue weighted by Crippen LogP contribution is 2.28. The molecule has 1 aromatic rings. The van der Waals surface area contributed by atoms with Gasteiger partial charge in [-0.1, -0.05) is 0 Å². The van der Waals surface area contributed by atoms with E-state index in [1.807, 2.05) is 0 Å². The Hall–Kier alpha value is -1.75. The van der Waals surface area contributed by atoms with E-state index in [0.717, 1.165) is 37.8 Å². The fourth-order valence-corrected chi connectivity index (χ4v) is 1.90. The second-order valence-electron chi connectivity index (χ2n) is 5.09. The summed E-state index contributed by atoms with van der Waals surface area (Å²) in [5.74, 6) is 0.432. The molecule has 1 saturated carbocycles. The lowest BCUT2D eigenvalue weighted by Crippen LogP contribution is -2.09. The van der Waals surface area contributed by atoms with Crippen molar-refractivity contribution in [2.45, 2.75) is 19.3 Å². The third-order valence-electron chi connectivity index (χ3n) is 3.30. The zero-order valence-corrected chi connectivity index (χ0v) is 11.9. The van der Waals surface area contributed by atoms with E-state index in [1.165, 1.54) is 20.0 Å². The molecule has 0 bridgehead atoms. The van der Waals surface area contributed by atoms with Crippen LogP contribution in [0.15, 0.2) is 18.2 Å². The first-order valence-corrected chi connectivity index (χ1v) is 7.00. The van der Waals surface area contributed by atoms with Crippen molar-refractivity contribution in [3.63, 3.8) is 0 Å². The van der Waals surface area contributed by atoms with Crippen LogP contribution in [-0.4, -0.2) is 32.8 Å². The van der Waals surface area contributed by atoms with Crippen LogP contribution in [0.3, 0.4) is 0 Å². The summed E-state index contributed by atoms with van der Waals surface area (Å²) in [5.41, 5.74) is 7.74. The van der Waals surface area contributed by atoms with Gasteiger partial charge in [-0.25, -0.2) is 4.79 Å². The van der Waals surface area contributed by atoms with Crippen LogP contribution in [-0.2, 0) is 9.47 Å². The molecule has 1 aliphatic carbocycles. The molecule has 20 heavy (non-hydrogen) atoms. The first-order chi connectivity index (χ1) is 9.70. The number of nitrogens with one attached hydrogen (secondary N) is 1. The molecule has 3 N–H and O–H groups in total. The molecule has 5 nitrogen and oxygen atoms in total. The van der Waals surface area contributed by atoms with E-state index in [9.17, 15) is 4.79 Å². The average molecular weight is 278 g/mol. The highest BCUT2D eigenvalue weighted by atomic mass is 16.5. The maximum absolute atomic E-state index is 11.4. The van der Waals surface area contributed by atoms with Crippen molar-refractivity contribution in [1.82, 2.24) is 0 Å². The standard InChI is InChI=1S/C15H22N2O3/c1-19-15(18)12-5-6-14(13(16)9-12)17-7-2-8-20-10-11-3-4-11/h5-6,9,11,17H,2-4,7-8,10,16H2,1H3. The summed E-state index contributed by atoms with van der Waals surface area (Å²) < 4.78 is 10.2. The van der Waals surface area contributed by atoms with Crippen LogP contribution >= 0.6 is 0 Å². The lowest BCUT2D eigenvalue weighted by molar-refractivity contribution is 0.0601. The molecule has 0 unspecified atom stereocenters. The molecule has 0 spiro atoms. The lowest BCUT2D eigenvalue weighted by Gasteiger charge is -2.10. The Morgan fingerprint density at radius 2 is 2.25 bits per heavy atom. The Kier molecular flexibility index (Phi) is 5.24. The Morgan fingerprint density at radius 1 is 1.45 bits per heavy atom. The van der Waals surface area contributed by atoms with E-state index in [2.05, 4.69) is 10.1 Å². The molecule has 0 radical (unpaired) electrons. The smallest absolute Gasteiger partial charge is 0.337 e. The number of nitrogen functional groups attached to an aromatic ring is 1. The number of methoxy groups -OCH3 is 1. The summed E-state index contributed by atoms with van der Waals surface area (Å²) in [6, 6.07) is 5.12. The van der Waals surface area contributed by atoms with E-state index in [4.69, 9.17) is 10.5 Å². The van der Waals surface area contributed by atoms with Gasteiger partial charge in [0.05, 0.1) is 24.0 Å². The molecule has 2 rings (SSSR count). The van der Waals surface area contributed by atoms with Crippen LogP contribution in [0.4, 0.5) is 11.4 Å². The number of nitrogens with two attached hydrogens (primary N) is 1. The number of carbonyl (C=O) groups is 1. The third kappa shape index (κ3) is 4.42. The first-order valence-electron chi connectivity index (χ1n) is 7.00. The predicted octanol–water partition coefficient (Wildman–Crippen LogP) is 2.28. The Balaban J connectivity index is 1.70. The number of esters is 1. The van der Waals surface area contributed by atoms with E-state index in [-0.39, 0.29) is 5.97 Å². The zero-order valence-electron chi connectivity index (χ0n) is 11.9. The van der Waals surface area contributed by atoms with E-state index < -0.39 is 0 Å². The molecule has 110 valence electrons. The highest BCUT2D eigenvalue weighted by Gasteiger charge is 2.20. The summed E-state index contributed by atoms with van der Waals surface area (Å²) >= 11 is 0. The number of benzene rings is 1. The molecule has 1 fully saturated rings. The van der Waals surface area contributed by atoms with Crippen LogP contribution in [0.25, 0.3) is 0 Å². The second kappa shape index (κ2) is 7.14. The topological polar surface area (TPSA) is 73.6 Å². The van der Waals surface area contributed by atoms with E-state index in [0.29, 0.717) is 11.3 Å². The number of hydrogen-bond donors (Lipinski definition) is 2. The third-order valence-corrected chi connectivity index (χ3v) is 3.30. The Labute approximate surface area is 119 Å². The molecule has 1 aliphatic rings. The van der Waals surface area contributed by atoms with Gasteiger partial charge in [0.15, 0.2) is 0 Å². The Morgan fingerprint density at radius 3 is 2.90 bits per heavy atom. The molecule has 0 atom stereocenters. The molecule has 0 amide bonds. The van der Waals surface area contributed by atoms with Gasteiger partial charge >= 0.3 is 5.97 Å². The minimum absolute atomic E-state index is 0.378. The quantitative estimate of drug-likeness (QED) is 0.433. The molecule has 0 heterocycles. The van der Waals surface area contributed by atoms with Crippen molar-refractivity contribution in [2.75, 3.05) is 37.9 Å². The van der Waals surface area contributed by atoms with Gasteiger partial charge in [-0.05, 0) is 43.4 Å². The maximum Gasteiger partial charge on any atom is 0.337 e. The van der Waals surface area contributed by atoms with Crippen LogP contribution < -0.4 is 11.1 Å². The van der Waals surface area contributed by atoms with Gasteiger partial charge in [0.1, 0.15) is 0 Å². The first kappa shape index (κ1) is 14.7. The van der Waals surface area contributed by atoms with Gasteiger partial charge in [0, 0.05) is 19.8 Å². The largest absolute Gasteiger partial charge is 0.465 e. The number of hydrogen-bond acceptors (Lipinski definition) is 5. The van der Waals surface area contributed by atoms with Crippen molar-refractivity contribution in [3.8, 4) is 0 Å². The number of anilines is 2. The van der Waals surface area contributed by atoms with Gasteiger partial charge in [0.25, 0.3) is 0 Å².